The number of allylic oxidation sites excluding steroid dienone is 7. The molecule has 0 aliphatic heterocycles. The predicted octanol–water partition coefficient (Wildman–Crippen LogP) is 14.3. The molecule has 0 spiro atoms. The van der Waals surface area contributed by atoms with Crippen LogP contribution < -0.4 is 0 Å². The van der Waals surface area contributed by atoms with E-state index in [9.17, 15) is 14.3 Å². The van der Waals surface area contributed by atoms with Crippen molar-refractivity contribution in [2.24, 2.45) is 0 Å². The van der Waals surface area contributed by atoms with E-state index in [0.29, 0.717) is 11.0 Å². The van der Waals surface area contributed by atoms with Crippen molar-refractivity contribution in [1.82, 2.24) is 0 Å². The fourth-order valence-electron chi connectivity index (χ4n) is 6.29. The number of nitrogens with zero attached hydrogens (tertiary/aromatic N) is 1. The van der Waals surface area contributed by atoms with Crippen LogP contribution in [0.1, 0.15) is 200 Å². The first-order valence-corrected chi connectivity index (χ1v) is 24.9. The fraction of sp³-hybridized carbons (Fsp3) is 0.812. The normalized spacial score (nSPS) is 14.1. The van der Waals surface area contributed by atoms with Crippen molar-refractivity contribution in [2.45, 2.75) is 206 Å². The van der Waals surface area contributed by atoms with Crippen molar-refractivity contribution in [2.75, 3.05) is 47.5 Å². The molecular weight excluding hydrogens is 734 g/mol. The van der Waals surface area contributed by atoms with E-state index in [1.165, 1.54) is 122 Å². The van der Waals surface area contributed by atoms with Gasteiger partial charge in [-0.05, 0) is 63.9 Å². The van der Waals surface area contributed by atoms with Crippen LogP contribution in [0, 0.1) is 0 Å². The molecule has 2 atom stereocenters. The standard InChI is InChI=1S/C48H90NO7P/c1-6-8-10-12-14-16-18-20-22-24-26-28-30-32-34-36-38-40-43-53-45-47(46-55-57(51,52)54-44-42-49(3,4)5)56-48(50)41-39-37-35-33-31-29-27-25-23-21-19-17-15-13-11-9-7-2/h15,17,21,23,27,29,40,43,47H,6-14,16,18-20,22,24-26,28,30-39,41-42,44-46H2,1-5H3/p+1/b17-15+,23-21+,29-27+,43-40+/t47-/m1/s1. The zero-order valence-electron chi connectivity index (χ0n) is 37.8. The van der Waals surface area contributed by atoms with Gasteiger partial charge in [-0.25, -0.2) is 4.57 Å². The molecule has 334 valence electrons. The number of carbonyl (C=O) groups excluding carboxylic acids is 1. The van der Waals surface area contributed by atoms with E-state index in [1.807, 2.05) is 27.2 Å². The second-order valence-corrected chi connectivity index (χ2v) is 18.3. The van der Waals surface area contributed by atoms with Gasteiger partial charge in [0, 0.05) is 6.42 Å². The maximum absolute atomic E-state index is 12.7. The maximum Gasteiger partial charge on any atom is 0.472 e. The Morgan fingerprint density at radius 3 is 1.49 bits per heavy atom. The molecule has 0 heterocycles. The zero-order chi connectivity index (χ0) is 42.0. The van der Waals surface area contributed by atoms with Crippen LogP contribution in [-0.2, 0) is 27.9 Å². The molecule has 0 aliphatic rings. The average Bonchev–Trinajstić information content (AvgIpc) is 3.16. The molecule has 0 radical (unpaired) electrons. The molecule has 0 aromatic heterocycles. The number of phosphoric ester groups is 1. The van der Waals surface area contributed by atoms with Gasteiger partial charge in [0.25, 0.3) is 0 Å². The predicted molar refractivity (Wildman–Crippen MR) is 242 cm³/mol. The summed E-state index contributed by atoms with van der Waals surface area (Å²) in [7, 11) is 1.62. The van der Waals surface area contributed by atoms with Crippen LogP contribution in [0.4, 0.5) is 0 Å². The topological polar surface area (TPSA) is 91.3 Å². The van der Waals surface area contributed by atoms with Gasteiger partial charge in [0.15, 0.2) is 6.10 Å². The molecule has 57 heavy (non-hydrogen) atoms. The van der Waals surface area contributed by atoms with Crippen molar-refractivity contribution in [3.8, 4) is 0 Å². The minimum atomic E-state index is -4.30. The molecule has 0 aromatic rings. The van der Waals surface area contributed by atoms with E-state index >= 15 is 0 Å². The highest BCUT2D eigenvalue weighted by Gasteiger charge is 2.26. The molecule has 0 amide bonds. The highest BCUT2D eigenvalue weighted by Crippen LogP contribution is 2.43. The molecule has 0 saturated heterocycles. The van der Waals surface area contributed by atoms with Crippen LogP contribution in [0.2, 0.25) is 0 Å². The van der Waals surface area contributed by atoms with Gasteiger partial charge in [-0.1, -0.05) is 172 Å². The maximum atomic E-state index is 12.7. The Bertz CT molecular complexity index is 1050. The van der Waals surface area contributed by atoms with Gasteiger partial charge in [-0.2, -0.15) is 0 Å². The summed E-state index contributed by atoms with van der Waals surface area (Å²) < 4.78 is 34.8. The van der Waals surface area contributed by atoms with Crippen LogP contribution in [0.25, 0.3) is 0 Å². The van der Waals surface area contributed by atoms with E-state index in [2.05, 4.69) is 50.3 Å². The Labute approximate surface area is 352 Å². The Balaban J connectivity index is 4.29. The lowest BCUT2D eigenvalue weighted by molar-refractivity contribution is -0.870. The monoisotopic (exact) mass is 825 g/mol. The molecule has 1 N–H and O–H groups in total. The van der Waals surface area contributed by atoms with E-state index in [1.54, 1.807) is 6.26 Å². The third-order valence-corrected chi connectivity index (χ3v) is 10.9. The summed E-state index contributed by atoms with van der Waals surface area (Å²) >= 11 is 0. The molecule has 0 aliphatic carbocycles. The minimum Gasteiger partial charge on any atom is -0.498 e. The number of likely N-dealkylation sites (N-methyl/N-ethyl adjacent to an activating group) is 1. The van der Waals surface area contributed by atoms with Gasteiger partial charge in [0.05, 0.1) is 34.0 Å². The molecule has 0 rings (SSSR count). The number of hydrogen-bond donors (Lipinski definition) is 1. The summed E-state index contributed by atoms with van der Waals surface area (Å²) in [5.74, 6) is -0.356. The molecule has 1 unspecified atom stereocenters. The summed E-state index contributed by atoms with van der Waals surface area (Å²) in [5, 5.41) is 0. The number of hydrogen-bond acceptors (Lipinski definition) is 6. The Morgan fingerprint density at radius 1 is 0.561 bits per heavy atom. The van der Waals surface area contributed by atoms with E-state index in [-0.39, 0.29) is 32.2 Å². The first-order valence-electron chi connectivity index (χ1n) is 23.4. The number of quaternary nitrogens is 1. The van der Waals surface area contributed by atoms with Crippen molar-refractivity contribution < 1.29 is 37.3 Å². The number of ether oxygens (including phenoxy) is 2. The summed E-state index contributed by atoms with van der Waals surface area (Å²) in [6, 6.07) is 0. The number of unbranched alkanes of at least 4 members (excludes halogenated alkanes) is 23. The lowest BCUT2D eigenvalue weighted by atomic mass is 10.0. The van der Waals surface area contributed by atoms with Crippen molar-refractivity contribution in [3.05, 3.63) is 48.8 Å². The van der Waals surface area contributed by atoms with E-state index < -0.39 is 13.9 Å². The smallest absolute Gasteiger partial charge is 0.472 e. The minimum absolute atomic E-state index is 0.0390. The number of carbonyl (C=O) groups is 1. The van der Waals surface area contributed by atoms with Crippen LogP contribution in [0.5, 0.6) is 0 Å². The van der Waals surface area contributed by atoms with Gasteiger partial charge in [0.2, 0.25) is 0 Å². The van der Waals surface area contributed by atoms with Crippen LogP contribution in [0.15, 0.2) is 48.8 Å². The summed E-state index contributed by atoms with van der Waals surface area (Å²) in [4.78, 5) is 22.9. The molecule has 0 fully saturated rings. The van der Waals surface area contributed by atoms with Crippen molar-refractivity contribution >= 4 is 13.8 Å². The largest absolute Gasteiger partial charge is 0.498 e. The number of esters is 1. The summed E-state index contributed by atoms with van der Waals surface area (Å²) in [6.07, 6.45) is 51.0. The third-order valence-electron chi connectivity index (χ3n) is 9.96. The molecule has 8 nitrogen and oxygen atoms in total. The van der Waals surface area contributed by atoms with Gasteiger partial charge < -0.3 is 18.9 Å². The highest BCUT2D eigenvalue weighted by atomic mass is 31.2. The molecule has 0 saturated carbocycles. The lowest BCUT2D eigenvalue weighted by Crippen LogP contribution is -2.37. The van der Waals surface area contributed by atoms with Crippen molar-refractivity contribution in [3.63, 3.8) is 0 Å². The molecule has 0 bridgehead atoms. The van der Waals surface area contributed by atoms with Crippen LogP contribution in [0.3, 0.4) is 0 Å². The van der Waals surface area contributed by atoms with E-state index in [0.717, 1.165) is 57.8 Å². The Morgan fingerprint density at radius 2 is 0.982 bits per heavy atom. The Hall–Kier alpha value is -1.70. The average molecular weight is 825 g/mol. The van der Waals surface area contributed by atoms with Crippen LogP contribution >= 0.6 is 7.82 Å². The fourth-order valence-corrected chi connectivity index (χ4v) is 7.03. The summed E-state index contributed by atoms with van der Waals surface area (Å²) in [6.45, 7) is 4.89. The molecular formula is C48H91NO7P+. The second-order valence-electron chi connectivity index (χ2n) is 16.9. The van der Waals surface area contributed by atoms with Gasteiger partial charge in [-0.15, -0.1) is 0 Å². The van der Waals surface area contributed by atoms with E-state index in [4.69, 9.17) is 18.5 Å². The van der Waals surface area contributed by atoms with Crippen molar-refractivity contribution in [1.29, 1.82) is 0 Å². The quantitative estimate of drug-likeness (QED) is 0.0163. The first kappa shape index (κ1) is 55.3. The molecule has 9 heteroatoms. The second kappa shape index (κ2) is 41.1. The van der Waals surface area contributed by atoms with Gasteiger partial charge in [-0.3, -0.25) is 13.8 Å². The van der Waals surface area contributed by atoms with Crippen LogP contribution in [-0.4, -0.2) is 69.0 Å². The third kappa shape index (κ3) is 45.2. The van der Waals surface area contributed by atoms with Gasteiger partial charge >= 0.3 is 13.8 Å². The Kier molecular flexibility index (Phi) is 39.8. The number of phosphoric acid groups is 1. The molecule has 0 aromatic carbocycles. The summed E-state index contributed by atoms with van der Waals surface area (Å²) in [5.41, 5.74) is 0. The lowest BCUT2D eigenvalue weighted by Gasteiger charge is -2.24. The SMILES string of the molecule is CCCCC/C=C/C/C=C/C/C=C/CCCCCCC(=O)O[C@H](CO/C=C/CCCCCCCCCCCCCCCCCC)COP(=O)(O)OCC[N+](C)(C)C. The van der Waals surface area contributed by atoms with Gasteiger partial charge in [0.1, 0.15) is 19.8 Å². The number of rotatable bonds is 43. The highest BCUT2D eigenvalue weighted by molar-refractivity contribution is 7.47. The zero-order valence-corrected chi connectivity index (χ0v) is 38.7. The first-order chi connectivity index (χ1) is 27.6.